The van der Waals surface area contributed by atoms with E-state index in [-0.39, 0.29) is 11.6 Å². The van der Waals surface area contributed by atoms with E-state index in [1.165, 1.54) is 5.56 Å². The van der Waals surface area contributed by atoms with Gasteiger partial charge in [0, 0.05) is 28.9 Å². The second kappa shape index (κ2) is 6.88. The average molecular weight is 357 g/mol. The Bertz CT molecular complexity index is 1130. The predicted octanol–water partition coefficient (Wildman–Crippen LogP) is 4.50. The molecule has 134 valence electrons. The minimum absolute atomic E-state index is 0.0681. The second-order valence-corrected chi connectivity index (χ2v) is 6.46. The van der Waals surface area contributed by atoms with Gasteiger partial charge in [-0.3, -0.25) is 4.99 Å². The number of aromatic hydroxyl groups is 2. The van der Waals surface area contributed by atoms with Crippen LogP contribution in [0.25, 0.3) is 10.9 Å². The molecule has 0 amide bonds. The molecule has 0 aliphatic carbocycles. The van der Waals surface area contributed by atoms with Crippen molar-refractivity contribution in [3.8, 4) is 11.6 Å². The first-order valence-corrected chi connectivity index (χ1v) is 8.59. The predicted molar refractivity (Wildman–Crippen MR) is 109 cm³/mol. The number of H-pyrrole nitrogens is 1. The molecule has 0 spiro atoms. The van der Waals surface area contributed by atoms with Gasteiger partial charge in [0.15, 0.2) is 5.88 Å². The lowest BCUT2D eigenvalue weighted by Crippen LogP contribution is -1.90. The minimum atomic E-state index is 0.0681. The highest BCUT2D eigenvalue weighted by Gasteiger charge is 2.10. The number of nitrogen functional groups attached to an aromatic ring is 1. The summed E-state index contributed by atoms with van der Waals surface area (Å²) in [6, 6.07) is 20.5. The van der Waals surface area contributed by atoms with E-state index < -0.39 is 0 Å². The number of hydrogen-bond donors (Lipinski definition) is 4. The number of hydrogen-bond acceptors (Lipinski definition) is 4. The molecule has 5 nitrogen and oxygen atoms in total. The van der Waals surface area contributed by atoms with E-state index in [0.717, 1.165) is 28.6 Å². The summed E-state index contributed by atoms with van der Waals surface area (Å²) in [6.07, 6.45) is 2.38. The summed E-state index contributed by atoms with van der Waals surface area (Å²) in [5.41, 5.74) is 10.8. The van der Waals surface area contributed by atoms with Crippen LogP contribution in [-0.2, 0) is 6.42 Å². The molecule has 0 fully saturated rings. The number of phenolic OH excluding ortho intramolecular Hbond substituents is 1. The maximum absolute atomic E-state index is 10.3. The van der Waals surface area contributed by atoms with Gasteiger partial charge >= 0.3 is 0 Å². The summed E-state index contributed by atoms with van der Waals surface area (Å²) in [6.45, 7) is 0. The van der Waals surface area contributed by atoms with Gasteiger partial charge in [-0.25, -0.2) is 0 Å². The van der Waals surface area contributed by atoms with Crippen molar-refractivity contribution in [1.82, 2.24) is 4.98 Å². The van der Waals surface area contributed by atoms with Crippen LogP contribution >= 0.6 is 0 Å². The second-order valence-electron chi connectivity index (χ2n) is 6.46. The first-order valence-electron chi connectivity index (χ1n) is 8.59. The van der Waals surface area contributed by atoms with Crippen molar-refractivity contribution in [1.29, 1.82) is 0 Å². The average Bonchev–Trinajstić information content (AvgIpc) is 2.96. The first kappa shape index (κ1) is 16.7. The quantitative estimate of drug-likeness (QED) is 0.320. The summed E-state index contributed by atoms with van der Waals surface area (Å²) >= 11 is 0. The van der Waals surface area contributed by atoms with Crippen LogP contribution in [0.15, 0.2) is 71.7 Å². The number of benzene rings is 3. The lowest BCUT2D eigenvalue weighted by molar-refractivity contribution is 0.457. The highest BCUT2D eigenvalue weighted by Crippen LogP contribution is 2.28. The van der Waals surface area contributed by atoms with Crippen LogP contribution in [0.4, 0.5) is 11.4 Å². The molecule has 5 heteroatoms. The molecule has 27 heavy (non-hydrogen) atoms. The van der Waals surface area contributed by atoms with Gasteiger partial charge in [-0.15, -0.1) is 0 Å². The van der Waals surface area contributed by atoms with Crippen LogP contribution in [0.2, 0.25) is 0 Å². The van der Waals surface area contributed by atoms with Crippen molar-refractivity contribution in [3.05, 3.63) is 83.4 Å². The molecule has 4 rings (SSSR count). The molecule has 0 saturated heterocycles. The molecule has 0 unspecified atom stereocenters. The van der Waals surface area contributed by atoms with Crippen molar-refractivity contribution >= 4 is 28.5 Å². The van der Waals surface area contributed by atoms with Crippen molar-refractivity contribution < 1.29 is 10.2 Å². The van der Waals surface area contributed by atoms with Crippen LogP contribution < -0.4 is 5.73 Å². The number of nitrogens with two attached hydrogens (primary N) is 1. The molecule has 0 saturated carbocycles. The zero-order chi connectivity index (χ0) is 18.8. The summed E-state index contributed by atoms with van der Waals surface area (Å²) < 4.78 is 0. The van der Waals surface area contributed by atoms with Gasteiger partial charge < -0.3 is 20.9 Å². The molecule has 1 heterocycles. The van der Waals surface area contributed by atoms with E-state index in [2.05, 4.69) is 9.98 Å². The number of aliphatic imine (C=N–C) groups is 1. The number of nitrogens with one attached hydrogen (secondary N) is 1. The van der Waals surface area contributed by atoms with E-state index in [1.807, 2.05) is 42.5 Å². The van der Waals surface area contributed by atoms with Crippen molar-refractivity contribution in [2.24, 2.45) is 4.99 Å². The number of aromatic nitrogens is 1. The Labute approximate surface area is 156 Å². The van der Waals surface area contributed by atoms with Crippen molar-refractivity contribution in [3.63, 3.8) is 0 Å². The number of rotatable bonds is 4. The van der Waals surface area contributed by atoms with E-state index in [0.29, 0.717) is 11.3 Å². The van der Waals surface area contributed by atoms with E-state index >= 15 is 0 Å². The zero-order valence-corrected chi connectivity index (χ0v) is 14.6. The van der Waals surface area contributed by atoms with Gasteiger partial charge in [-0.05, 0) is 53.9 Å². The molecule has 1 aromatic heterocycles. The van der Waals surface area contributed by atoms with E-state index in [1.54, 1.807) is 30.5 Å². The summed E-state index contributed by atoms with van der Waals surface area (Å²) in [5.74, 6) is 0.220. The molecule has 0 radical (unpaired) electrons. The van der Waals surface area contributed by atoms with Gasteiger partial charge in [0.1, 0.15) is 5.75 Å². The van der Waals surface area contributed by atoms with Crippen LogP contribution in [0.1, 0.15) is 16.7 Å². The Morgan fingerprint density at radius 3 is 2.48 bits per heavy atom. The number of anilines is 1. The maximum atomic E-state index is 10.3. The summed E-state index contributed by atoms with van der Waals surface area (Å²) in [7, 11) is 0. The largest absolute Gasteiger partial charge is 0.508 e. The standard InChI is InChI=1S/C22H19N3O2/c23-16-7-4-14(5-8-16)10-15-6-9-21-19(11-15)20(22(27)25-21)13-24-17-2-1-3-18(26)12-17/h1-9,11-13,25-27H,10,23H2. The lowest BCUT2D eigenvalue weighted by atomic mass is 10.0. The molecular weight excluding hydrogens is 338 g/mol. The van der Waals surface area contributed by atoms with Gasteiger partial charge in [0.05, 0.1) is 11.3 Å². The Kier molecular flexibility index (Phi) is 4.26. The van der Waals surface area contributed by atoms with E-state index in [4.69, 9.17) is 5.73 Å². The minimum Gasteiger partial charge on any atom is -0.508 e. The normalized spacial score (nSPS) is 11.4. The molecule has 0 bridgehead atoms. The van der Waals surface area contributed by atoms with Gasteiger partial charge in [0.25, 0.3) is 0 Å². The number of fused-ring (bicyclic) bond motifs is 1. The molecule has 0 atom stereocenters. The molecule has 0 aliphatic heterocycles. The van der Waals surface area contributed by atoms with Crippen LogP contribution in [0.3, 0.4) is 0 Å². The Hall–Kier alpha value is -3.73. The van der Waals surface area contributed by atoms with Gasteiger partial charge in [-0.2, -0.15) is 0 Å². The van der Waals surface area contributed by atoms with E-state index in [9.17, 15) is 10.2 Å². The molecule has 5 N–H and O–H groups in total. The first-order chi connectivity index (χ1) is 13.1. The molecule has 4 aromatic rings. The monoisotopic (exact) mass is 357 g/mol. The highest BCUT2D eigenvalue weighted by molar-refractivity contribution is 6.02. The van der Waals surface area contributed by atoms with Crippen LogP contribution in [0, 0.1) is 0 Å². The smallest absolute Gasteiger partial charge is 0.198 e. The Morgan fingerprint density at radius 2 is 1.70 bits per heavy atom. The Balaban J connectivity index is 1.68. The van der Waals surface area contributed by atoms with Crippen LogP contribution in [-0.4, -0.2) is 21.4 Å². The number of nitrogens with zero attached hydrogens (tertiary/aromatic N) is 1. The third kappa shape index (κ3) is 3.62. The van der Waals surface area contributed by atoms with Gasteiger partial charge in [-0.1, -0.05) is 24.3 Å². The maximum Gasteiger partial charge on any atom is 0.198 e. The molecular formula is C22H19N3O2. The number of aromatic amines is 1. The molecule has 0 aliphatic rings. The number of phenols is 1. The van der Waals surface area contributed by atoms with Crippen molar-refractivity contribution in [2.45, 2.75) is 6.42 Å². The Morgan fingerprint density at radius 1 is 0.926 bits per heavy atom. The summed E-state index contributed by atoms with van der Waals surface area (Å²) in [5, 5.41) is 20.7. The van der Waals surface area contributed by atoms with Crippen LogP contribution in [0.5, 0.6) is 11.6 Å². The van der Waals surface area contributed by atoms with Crippen molar-refractivity contribution in [2.75, 3.05) is 5.73 Å². The third-order valence-corrected chi connectivity index (χ3v) is 4.44. The zero-order valence-electron chi connectivity index (χ0n) is 14.6. The lowest BCUT2D eigenvalue weighted by Gasteiger charge is -2.03. The fourth-order valence-electron chi connectivity index (χ4n) is 3.07. The molecule has 3 aromatic carbocycles. The third-order valence-electron chi connectivity index (χ3n) is 4.44. The SMILES string of the molecule is Nc1ccc(Cc2ccc3[nH]c(O)c(C=Nc4cccc(O)c4)c3c2)cc1. The fourth-order valence-corrected chi connectivity index (χ4v) is 3.07. The fraction of sp³-hybridized carbons (Fsp3) is 0.0455. The topological polar surface area (TPSA) is 94.6 Å². The highest BCUT2D eigenvalue weighted by atomic mass is 16.3. The summed E-state index contributed by atoms with van der Waals surface area (Å²) in [4.78, 5) is 7.34. The van der Waals surface area contributed by atoms with Gasteiger partial charge in [0.2, 0.25) is 0 Å².